The summed E-state index contributed by atoms with van der Waals surface area (Å²) in [5, 5.41) is 3.03. The van der Waals surface area contributed by atoms with Gasteiger partial charge in [-0.2, -0.15) is 0 Å². The first-order valence-corrected chi connectivity index (χ1v) is 9.14. The Labute approximate surface area is 140 Å². The average molecular weight is 324 g/mol. The lowest BCUT2D eigenvalue weighted by molar-refractivity contribution is -0.133. The van der Waals surface area contributed by atoms with Gasteiger partial charge in [0, 0.05) is 45.3 Å². The van der Waals surface area contributed by atoms with E-state index in [2.05, 4.69) is 29.0 Å². The van der Waals surface area contributed by atoms with Gasteiger partial charge in [0.05, 0.1) is 13.1 Å². The second-order valence-electron chi connectivity index (χ2n) is 6.77. The van der Waals surface area contributed by atoms with Crippen LogP contribution in [0.1, 0.15) is 39.5 Å². The summed E-state index contributed by atoms with van der Waals surface area (Å²) in [6.07, 6.45) is 4.28. The van der Waals surface area contributed by atoms with Gasteiger partial charge >= 0.3 is 0 Å². The van der Waals surface area contributed by atoms with Crippen molar-refractivity contribution in [3.8, 4) is 0 Å². The summed E-state index contributed by atoms with van der Waals surface area (Å²) in [7, 11) is 0. The smallest absolute Gasteiger partial charge is 0.236 e. The first kappa shape index (κ1) is 18.2. The summed E-state index contributed by atoms with van der Waals surface area (Å²) in [5.74, 6) is 0.391. The molecule has 0 aromatic heterocycles. The quantitative estimate of drug-likeness (QED) is 0.672. The number of piperazine rings is 1. The van der Waals surface area contributed by atoms with Gasteiger partial charge in [0.2, 0.25) is 11.8 Å². The molecular weight excluding hydrogens is 292 g/mol. The molecule has 1 heterocycles. The third kappa shape index (κ3) is 6.47. The molecule has 23 heavy (non-hydrogen) atoms. The minimum absolute atomic E-state index is 0.147. The number of hydrogen-bond acceptors (Lipinski definition) is 4. The Morgan fingerprint density at radius 1 is 0.957 bits per heavy atom. The highest BCUT2D eigenvalue weighted by Crippen LogP contribution is 2.18. The Balaban J connectivity index is 1.66. The summed E-state index contributed by atoms with van der Waals surface area (Å²) < 4.78 is 0. The van der Waals surface area contributed by atoms with Crippen LogP contribution in [0.25, 0.3) is 0 Å². The van der Waals surface area contributed by atoms with E-state index in [0.29, 0.717) is 19.1 Å². The maximum atomic E-state index is 12.4. The summed E-state index contributed by atoms with van der Waals surface area (Å²) in [4.78, 5) is 30.6. The van der Waals surface area contributed by atoms with E-state index in [1.54, 1.807) is 0 Å². The molecule has 0 unspecified atom stereocenters. The van der Waals surface area contributed by atoms with Crippen molar-refractivity contribution in [3.05, 3.63) is 0 Å². The van der Waals surface area contributed by atoms with Crippen LogP contribution in [0.5, 0.6) is 0 Å². The van der Waals surface area contributed by atoms with Crippen molar-refractivity contribution in [2.75, 3.05) is 52.4 Å². The molecule has 0 radical (unpaired) electrons. The van der Waals surface area contributed by atoms with E-state index in [1.165, 1.54) is 0 Å². The first-order chi connectivity index (χ1) is 11.1. The van der Waals surface area contributed by atoms with Crippen molar-refractivity contribution in [3.63, 3.8) is 0 Å². The molecule has 6 nitrogen and oxygen atoms in total. The van der Waals surface area contributed by atoms with Gasteiger partial charge in [0.1, 0.15) is 0 Å². The van der Waals surface area contributed by atoms with E-state index in [1.807, 2.05) is 4.90 Å². The predicted molar refractivity (Wildman–Crippen MR) is 91.2 cm³/mol. The van der Waals surface area contributed by atoms with Crippen LogP contribution < -0.4 is 5.32 Å². The minimum Gasteiger partial charge on any atom is -0.352 e. The molecule has 1 aliphatic heterocycles. The lowest BCUT2D eigenvalue weighted by Gasteiger charge is -2.35. The molecule has 0 spiro atoms. The van der Waals surface area contributed by atoms with E-state index in [-0.39, 0.29) is 11.8 Å². The molecule has 2 aliphatic rings. The Bertz CT molecular complexity index is 384. The molecule has 2 amide bonds. The largest absolute Gasteiger partial charge is 0.352 e. The van der Waals surface area contributed by atoms with Crippen LogP contribution in [0.4, 0.5) is 0 Å². The van der Waals surface area contributed by atoms with E-state index in [9.17, 15) is 9.59 Å². The maximum absolute atomic E-state index is 12.4. The lowest BCUT2D eigenvalue weighted by atomic mass is 10.3. The number of hydrogen-bond donors (Lipinski definition) is 1. The molecule has 0 atom stereocenters. The van der Waals surface area contributed by atoms with Crippen molar-refractivity contribution in [2.24, 2.45) is 0 Å². The van der Waals surface area contributed by atoms with Crippen LogP contribution in [0.2, 0.25) is 0 Å². The Morgan fingerprint density at radius 2 is 1.48 bits per heavy atom. The van der Waals surface area contributed by atoms with E-state index >= 15 is 0 Å². The SMILES string of the molecule is CCCN(CCC)C(=O)CN1CCN(CC(=O)NC2CC2)CC1. The van der Waals surface area contributed by atoms with Crippen molar-refractivity contribution in [1.29, 1.82) is 0 Å². The Morgan fingerprint density at radius 3 is 1.96 bits per heavy atom. The molecule has 0 bridgehead atoms. The maximum Gasteiger partial charge on any atom is 0.236 e. The first-order valence-electron chi connectivity index (χ1n) is 9.14. The van der Waals surface area contributed by atoms with Gasteiger partial charge in [-0.05, 0) is 25.7 Å². The van der Waals surface area contributed by atoms with Gasteiger partial charge in [0.25, 0.3) is 0 Å². The van der Waals surface area contributed by atoms with Gasteiger partial charge in [-0.15, -0.1) is 0 Å². The highest BCUT2D eigenvalue weighted by atomic mass is 16.2. The fraction of sp³-hybridized carbons (Fsp3) is 0.882. The molecule has 132 valence electrons. The number of carbonyl (C=O) groups excluding carboxylic acids is 2. The van der Waals surface area contributed by atoms with Crippen LogP contribution in [-0.4, -0.2) is 84.9 Å². The van der Waals surface area contributed by atoms with Gasteiger partial charge in [-0.3, -0.25) is 19.4 Å². The molecule has 2 fully saturated rings. The van der Waals surface area contributed by atoms with Crippen LogP contribution in [0.15, 0.2) is 0 Å². The number of amides is 2. The van der Waals surface area contributed by atoms with Gasteiger partial charge in [-0.1, -0.05) is 13.8 Å². The molecular formula is C17H32N4O2. The topological polar surface area (TPSA) is 55.9 Å². The average Bonchev–Trinajstić information content (AvgIpc) is 3.33. The highest BCUT2D eigenvalue weighted by molar-refractivity contribution is 5.79. The van der Waals surface area contributed by atoms with Crippen LogP contribution in [-0.2, 0) is 9.59 Å². The van der Waals surface area contributed by atoms with Crippen molar-refractivity contribution in [1.82, 2.24) is 20.0 Å². The van der Waals surface area contributed by atoms with Gasteiger partial charge in [-0.25, -0.2) is 0 Å². The zero-order valence-electron chi connectivity index (χ0n) is 14.7. The standard InChI is InChI=1S/C17H32N4O2/c1-3-7-21(8-4-2)17(23)14-20-11-9-19(10-12-20)13-16(22)18-15-5-6-15/h15H,3-14H2,1-2H3,(H,18,22). The summed E-state index contributed by atoms with van der Waals surface area (Å²) in [6.45, 7) is 10.4. The van der Waals surface area contributed by atoms with Gasteiger partial charge < -0.3 is 10.2 Å². The van der Waals surface area contributed by atoms with E-state index in [4.69, 9.17) is 0 Å². The fourth-order valence-electron chi connectivity index (χ4n) is 3.00. The van der Waals surface area contributed by atoms with Crippen LogP contribution >= 0.6 is 0 Å². The number of nitrogens with one attached hydrogen (secondary N) is 1. The number of rotatable bonds is 9. The van der Waals surface area contributed by atoms with Gasteiger partial charge in [0.15, 0.2) is 0 Å². The third-order valence-electron chi connectivity index (χ3n) is 4.47. The minimum atomic E-state index is 0.147. The highest BCUT2D eigenvalue weighted by Gasteiger charge is 2.26. The second kappa shape index (κ2) is 9.23. The normalized spacial score (nSPS) is 19.6. The third-order valence-corrected chi connectivity index (χ3v) is 4.47. The van der Waals surface area contributed by atoms with Crippen molar-refractivity contribution < 1.29 is 9.59 Å². The molecule has 1 saturated carbocycles. The lowest BCUT2D eigenvalue weighted by Crippen LogP contribution is -2.52. The molecule has 0 aromatic rings. The zero-order valence-corrected chi connectivity index (χ0v) is 14.7. The molecule has 6 heteroatoms. The number of carbonyl (C=O) groups is 2. The zero-order chi connectivity index (χ0) is 16.7. The summed E-state index contributed by atoms with van der Waals surface area (Å²) in [6, 6.07) is 0.435. The molecule has 1 N–H and O–H groups in total. The summed E-state index contributed by atoms with van der Waals surface area (Å²) in [5.41, 5.74) is 0. The van der Waals surface area contributed by atoms with Crippen LogP contribution in [0, 0.1) is 0 Å². The van der Waals surface area contributed by atoms with Crippen molar-refractivity contribution in [2.45, 2.75) is 45.6 Å². The van der Waals surface area contributed by atoms with Crippen molar-refractivity contribution >= 4 is 11.8 Å². The fourth-order valence-corrected chi connectivity index (χ4v) is 3.00. The molecule has 2 rings (SSSR count). The molecule has 0 aromatic carbocycles. The Hall–Kier alpha value is -1.14. The Kier molecular flexibility index (Phi) is 7.30. The molecule has 1 saturated heterocycles. The predicted octanol–water partition coefficient (Wildman–Crippen LogP) is 0.531. The molecule has 1 aliphatic carbocycles. The second-order valence-corrected chi connectivity index (χ2v) is 6.77. The monoisotopic (exact) mass is 324 g/mol. The van der Waals surface area contributed by atoms with E-state index in [0.717, 1.165) is 65.0 Å². The number of nitrogens with zero attached hydrogens (tertiary/aromatic N) is 3. The summed E-state index contributed by atoms with van der Waals surface area (Å²) >= 11 is 0. The van der Waals surface area contributed by atoms with Crippen LogP contribution in [0.3, 0.4) is 0 Å². The van der Waals surface area contributed by atoms with E-state index < -0.39 is 0 Å².